The number of carbonyl (C=O) groups is 1. The number of hydrogen-bond acceptors (Lipinski definition) is 5. The zero-order chi connectivity index (χ0) is 19.2. The lowest BCUT2D eigenvalue weighted by Crippen LogP contribution is -2.46. The highest BCUT2D eigenvalue weighted by Crippen LogP contribution is 2.14. The van der Waals surface area contributed by atoms with Crippen molar-refractivity contribution in [2.75, 3.05) is 18.1 Å². The number of benzene rings is 2. The van der Waals surface area contributed by atoms with Crippen LogP contribution in [0.15, 0.2) is 53.4 Å². The van der Waals surface area contributed by atoms with Gasteiger partial charge < -0.3 is 0 Å². The van der Waals surface area contributed by atoms with Crippen molar-refractivity contribution in [3.05, 3.63) is 59.7 Å². The normalized spacial score (nSPS) is 10.8. The molecule has 2 rings (SSSR count). The number of hydrogen-bond donors (Lipinski definition) is 2. The first-order valence-electron chi connectivity index (χ1n) is 8.00. The van der Waals surface area contributed by atoms with Crippen molar-refractivity contribution in [2.24, 2.45) is 0 Å². The summed E-state index contributed by atoms with van der Waals surface area (Å²) in [6.45, 7) is 3.91. The molecule has 0 aliphatic carbocycles. The van der Waals surface area contributed by atoms with Gasteiger partial charge >= 0.3 is 0 Å². The van der Waals surface area contributed by atoms with Gasteiger partial charge in [0.05, 0.1) is 22.7 Å². The van der Waals surface area contributed by atoms with Crippen LogP contribution in [0.4, 0.5) is 5.69 Å². The fraction of sp³-hybridized carbons (Fsp3) is 0.222. The molecule has 0 radical (unpaired) electrons. The molecular weight excluding hydrogens is 352 g/mol. The molecule has 8 heteroatoms. The van der Waals surface area contributed by atoms with Crippen LogP contribution in [0.2, 0.25) is 0 Å². The Kier molecular flexibility index (Phi) is 6.33. The highest BCUT2D eigenvalue weighted by molar-refractivity contribution is 7.89. The lowest BCUT2D eigenvalue weighted by atomic mass is 10.2. The molecule has 0 aliphatic rings. The molecule has 0 saturated carbocycles. The molecule has 26 heavy (non-hydrogen) atoms. The molecule has 2 aromatic carbocycles. The third-order valence-electron chi connectivity index (χ3n) is 3.64. The first-order chi connectivity index (χ1) is 12.4. The van der Waals surface area contributed by atoms with Crippen molar-refractivity contribution in [3.63, 3.8) is 0 Å². The van der Waals surface area contributed by atoms with Gasteiger partial charge in [0.25, 0.3) is 5.91 Å². The van der Waals surface area contributed by atoms with E-state index in [4.69, 9.17) is 5.26 Å². The number of amides is 1. The number of rotatable bonds is 7. The monoisotopic (exact) mass is 372 g/mol. The summed E-state index contributed by atoms with van der Waals surface area (Å²) < 4.78 is 26.9. The molecule has 7 nitrogen and oxygen atoms in total. The van der Waals surface area contributed by atoms with E-state index in [9.17, 15) is 13.2 Å². The second kappa shape index (κ2) is 8.47. The third kappa shape index (κ3) is 4.81. The summed E-state index contributed by atoms with van der Waals surface area (Å²) in [5.74, 6) is -0.509. The number of hydrazine groups is 1. The van der Waals surface area contributed by atoms with Crippen molar-refractivity contribution < 1.29 is 13.2 Å². The molecule has 0 aromatic heterocycles. The summed E-state index contributed by atoms with van der Waals surface area (Å²) in [5, 5.41) is 10.7. The number of carbonyl (C=O) groups excluding carboxylic acids is 1. The van der Waals surface area contributed by atoms with Crippen LogP contribution in [0.1, 0.15) is 18.1 Å². The minimum absolute atomic E-state index is 0.0234. The van der Waals surface area contributed by atoms with E-state index in [2.05, 4.69) is 10.1 Å². The van der Waals surface area contributed by atoms with Gasteiger partial charge in [0.15, 0.2) is 0 Å². The molecule has 136 valence electrons. The van der Waals surface area contributed by atoms with E-state index in [0.29, 0.717) is 6.54 Å². The molecule has 0 aliphatic heterocycles. The van der Waals surface area contributed by atoms with Gasteiger partial charge in [-0.2, -0.15) is 5.26 Å². The molecule has 0 heterocycles. The SMILES string of the molecule is CCN(NC(=O)CNS(=O)(=O)c1ccccc1C#N)c1ccc(C)cc1. The summed E-state index contributed by atoms with van der Waals surface area (Å²) in [5.41, 5.74) is 4.57. The maximum atomic E-state index is 12.3. The van der Waals surface area contributed by atoms with E-state index in [1.807, 2.05) is 44.2 Å². The minimum Gasteiger partial charge on any atom is -0.286 e. The summed E-state index contributed by atoms with van der Waals surface area (Å²) in [6.07, 6.45) is 0. The van der Waals surface area contributed by atoms with Crippen LogP contribution in [0.5, 0.6) is 0 Å². The van der Waals surface area contributed by atoms with Crippen molar-refractivity contribution in [1.82, 2.24) is 10.1 Å². The summed E-state index contributed by atoms with van der Waals surface area (Å²) in [4.78, 5) is 12.0. The van der Waals surface area contributed by atoms with Crippen LogP contribution in [0, 0.1) is 18.3 Å². The second-order valence-electron chi connectivity index (χ2n) is 5.55. The molecule has 0 spiro atoms. The van der Waals surface area contributed by atoms with Crippen molar-refractivity contribution >= 4 is 21.6 Å². The Morgan fingerprint density at radius 1 is 1.15 bits per heavy atom. The largest absolute Gasteiger partial charge is 0.286 e. The van der Waals surface area contributed by atoms with Crippen LogP contribution in [0.3, 0.4) is 0 Å². The topological polar surface area (TPSA) is 102 Å². The Labute approximate surface area is 153 Å². The van der Waals surface area contributed by atoms with E-state index in [1.165, 1.54) is 18.2 Å². The van der Waals surface area contributed by atoms with Crippen LogP contribution in [0.25, 0.3) is 0 Å². The Bertz CT molecular complexity index is 918. The van der Waals surface area contributed by atoms with Gasteiger partial charge in [-0.3, -0.25) is 15.2 Å². The molecule has 0 atom stereocenters. The number of nitrogens with zero attached hydrogens (tertiary/aromatic N) is 2. The Morgan fingerprint density at radius 3 is 2.42 bits per heavy atom. The number of nitriles is 1. The molecule has 2 aromatic rings. The number of sulfonamides is 1. The van der Waals surface area contributed by atoms with Gasteiger partial charge in [-0.15, -0.1) is 0 Å². The highest BCUT2D eigenvalue weighted by Gasteiger charge is 2.19. The molecule has 0 fully saturated rings. The zero-order valence-corrected chi connectivity index (χ0v) is 15.4. The Morgan fingerprint density at radius 2 is 1.81 bits per heavy atom. The first-order valence-corrected chi connectivity index (χ1v) is 9.48. The van der Waals surface area contributed by atoms with E-state index >= 15 is 0 Å². The first kappa shape index (κ1) is 19.4. The second-order valence-corrected chi connectivity index (χ2v) is 7.28. The van der Waals surface area contributed by atoms with Gasteiger partial charge in [0.1, 0.15) is 6.07 Å². The van der Waals surface area contributed by atoms with Crippen LogP contribution in [-0.4, -0.2) is 27.4 Å². The summed E-state index contributed by atoms with van der Waals surface area (Å²) >= 11 is 0. The number of anilines is 1. The van der Waals surface area contributed by atoms with Crippen molar-refractivity contribution in [1.29, 1.82) is 5.26 Å². The Hall–Kier alpha value is -2.89. The van der Waals surface area contributed by atoms with Crippen LogP contribution < -0.4 is 15.2 Å². The average Bonchev–Trinajstić information content (AvgIpc) is 2.65. The molecule has 1 amide bonds. The van der Waals surface area contributed by atoms with E-state index in [0.717, 1.165) is 11.3 Å². The van der Waals surface area contributed by atoms with Crippen molar-refractivity contribution in [2.45, 2.75) is 18.7 Å². The minimum atomic E-state index is -3.96. The molecule has 2 N–H and O–H groups in total. The van der Waals surface area contributed by atoms with Crippen LogP contribution >= 0.6 is 0 Å². The summed E-state index contributed by atoms with van der Waals surface area (Å²) in [6, 6.07) is 15.2. The molecular formula is C18H20N4O3S. The van der Waals surface area contributed by atoms with Gasteiger partial charge in [-0.05, 0) is 38.1 Å². The standard InChI is InChI=1S/C18H20N4O3S/c1-3-22(16-10-8-14(2)9-11-16)21-18(23)13-20-26(24,25)17-7-5-4-6-15(17)12-19/h4-11,20H,3,13H2,1-2H3,(H,21,23). The molecule has 0 saturated heterocycles. The molecule has 0 unspecified atom stereocenters. The van der Waals surface area contributed by atoms with Gasteiger partial charge in [-0.25, -0.2) is 13.1 Å². The van der Waals surface area contributed by atoms with E-state index < -0.39 is 22.5 Å². The highest BCUT2D eigenvalue weighted by atomic mass is 32.2. The quantitative estimate of drug-likeness (QED) is 0.720. The Balaban J connectivity index is 2.03. The smallest absolute Gasteiger partial charge is 0.253 e. The maximum absolute atomic E-state index is 12.3. The predicted molar refractivity (Wildman–Crippen MR) is 98.7 cm³/mol. The number of nitrogens with one attached hydrogen (secondary N) is 2. The van der Waals surface area contributed by atoms with E-state index in [1.54, 1.807) is 11.1 Å². The zero-order valence-electron chi connectivity index (χ0n) is 14.6. The lowest BCUT2D eigenvalue weighted by molar-refractivity contribution is -0.120. The van der Waals surface area contributed by atoms with E-state index in [-0.39, 0.29) is 10.5 Å². The maximum Gasteiger partial charge on any atom is 0.253 e. The molecule has 0 bridgehead atoms. The van der Waals surface area contributed by atoms with Gasteiger partial charge in [0.2, 0.25) is 10.0 Å². The van der Waals surface area contributed by atoms with Gasteiger partial charge in [0, 0.05) is 6.54 Å². The average molecular weight is 372 g/mol. The lowest BCUT2D eigenvalue weighted by Gasteiger charge is -2.24. The predicted octanol–water partition coefficient (Wildman–Crippen LogP) is 1.70. The fourth-order valence-electron chi connectivity index (χ4n) is 2.27. The van der Waals surface area contributed by atoms with Crippen molar-refractivity contribution in [3.8, 4) is 6.07 Å². The van der Waals surface area contributed by atoms with Gasteiger partial charge in [-0.1, -0.05) is 29.8 Å². The van der Waals surface area contributed by atoms with Crippen LogP contribution in [-0.2, 0) is 14.8 Å². The number of aryl methyl sites for hydroxylation is 1. The summed E-state index contributed by atoms with van der Waals surface area (Å²) in [7, 11) is -3.96. The third-order valence-corrected chi connectivity index (χ3v) is 5.10. The fourth-order valence-corrected chi connectivity index (χ4v) is 3.41.